The maximum Gasteiger partial charge on any atom is 0.181 e. The summed E-state index contributed by atoms with van der Waals surface area (Å²) in [5.41, 5.74) is 3.32. The maximum atomic E-state index is 5.22. The minimum Gasteiger partial charge on any atom is -0.443 e. The smallest absolute Gasteiger partial charge is 0.181 e. The summed E-state index contributed by atoms with van der Waals surface area (Å²) in [6.45, 7) is 0. The van der Waals surface area contributed by atoms with Gasteiger partial charge in [0, 0.05) is 0 Å². The molecule has 0 saturated heterocycles. The first-order chi connectivity index (χ1) is 6.93. The standard InChI is InChI=1S/C12H13NO/c1-2-4-9(3-1)10-5-6-12-11(7-10)13-8-14-12/h5-9H,1-4H2. The number of aromatic nitrogens is 1. The predicted molar refractivity (Wildman–Crippen MR) is 55.2 cm³/mol. The van der Waals surface area contributed by atoms with E-state index in [-0.39, 0.29) is 0 Å². The van der Waals surface area contributed by atoms with E-state index in [4.69, 9.17) is 4.42 Å². The molecule has 14 heavy (non-hydrogen) atoms. The molecule has 2 aromatic rings. The van der Waals surface area contributed by atoms with Crippen molar-refractivity contribution in [3.63, 3.8) is 0 Å². The Morgan fingerprint density at radius 1 is 1.21 bits per heavy atom. The molecule has 1 saturated carbocycles. The summed E-state index contributed by atoms with van der Waals surface area (Å²) in [6.07, 6.45) is 6.94. The van der Waals surface area contributed by atoms with Crippen LogP contribution in [0.25, 0.3) is 11.1 Å². The molecule has 1 aromatic carbocycles. The molecule has 1 aromatic heterocycles. The molecule has 2 nitrogen and oxygen atoms in total. The summed E-state index contributed by atoms with van der Waals surface area (Å²) in [5, 5.41) is 0. The van der Waals surface area contributed by atoms with Crippen LogP contribution in [0.2, 0.25) is 0 Å². The van der Waals surface area contributed by atoms with Gasteiger partial charge in [-0.3, -0.25) is 0 Å². The van der Waals surface area contributed by atoms with Gasteiger partial charge in [-0.1, -0.05) is 18.9 Å². The lowest BCUT2D eigenvalue weighted by Gasteiger charge is -2.07. The largest absolute Gasteiger partial charge is 0.443 e. The SMILES string of the molecule is c1nc2cc(C3CCCC3)ccc2o1. The molecule has 3 rings (SSSR count). The van der Waals surface area contributed by atoms with Crippen molar-refractivity contribution >= 4 is 11.1 Å². The van der Waals surface area contributed by atoms with E-state index in [1.165, 1.54) is 37.6 Å². The number of fused-ring (bicyclic) bond motifs is 1. The Balaban J connectivity index is 2.04. The van der Waals surface area contributed by atoms with E-state index in [1.807, 2.05) is 6.07 Å². The Kier molecular flexibility index (Phi) is 1.79. The third kappa shape index (κ3) is 1.22. The van der Waals surface area contributed by atoms with Gasteiger partial charge in [-0.25, -0.2) is 4.98 Å². The third-order valence-electron chi connectivity index (χ3n) is 3.18. The number of hydrogen-bond donors (Lipinski definition) is 0. The zero-order valence-electron chi connectivity index (χ0n) is 8.07. The van der Waals surface area contributed by atoms with Crippen molar-refractivity contribution in [3.8, 4) is 0 Å². The van der Waals surface area contributed by atoms with E-state index in [0.29, 0.717) is 0 Å². The van der Waals surface area contributed by atoms with Crippen molar-refractivity contribution in [2.75, 3.05) is 0 Å². The fourth-order valence-electron chi connectivity index (χ4n) is 2.39. The van der Waals surface area contributed by atoms with Crippen LogP contribution in [-0.2, 0) is 0 Å². The zero-order chi connectivity index (χ0) is 9.38. The fourth-order valence-corrected chi connectivity index (χ4v) is 2.39. The first kappa shape index (κ1) is 8.04. The zero-order valence-corrected chi connectivity index (χ0v) is 8.07. The van der Waals surface area contributed by atoms with E-state index >= 15 is 0 Å². The quantitative estimate of drug-likeness (QED) is 0.683. The number of rotatable bonds is 1. The van der Waals surface area contributed by atoms with Crippen molar-refractivity contribution in [1.82, 2.24) is 4.98 Å². The molecule has 0 radical (unpaired) electrons. The molecule has 0 atom stereocenters. The number of hydrogen-bond acceptors (Lipinski definition) is 2. The summed E-state index contributed by atoms with van der Waals surface area (Å²) in [5.74, 6) is 0.760. The molecule has 1 fully saturated rings. The molecular weight excluding hydrogens is 174 g/mol. The van der Waals surface area contributed by atoms with Gasteiger partial charge in [0.1, 0.15) is 5.52 Å². The van der Waals surface area contributed by atoms with Crippen LogP contribution < -0.4 is 0 Å². The van der Waals surface area contributed by atoms with Crippen molar-refractivity contribution < 1.29 is 4.42 Å². The van der Waals surface area contributed by atoms with E-state index in [2.05, 4.69) is 17.1 Å². The lowest BCUT2D eigenvalue weighted by molar-refractivity contribution is 0.602. The minimum absolute atomic E-state index is 0.760. The van der Waals surface area contributed by atoms with Gasteiger partial charge in [0.15, 0.2) is 12.0 Å². The first-order valence-corrected chi connectivity index (χ1v) is 5.26. The highest BCUT2D eigenvalue weighted by atomic mass is 16.3. The Bertz CT molecular complexity index is 440. The van der Waals surface area contributed by atoms with Crippen molar-refractivity contribution in [2.45, 2.75) is 31.6 Å². The van der Waals surface area contributed by atoms with Crippen LogP contribution in [0, 0.1) is 0 Å². The second-order valence-electron chi connectivity index (χ2n) is 4.06. The maximum absolute atomic E-state index is 5.22. The Hall–Kier alpha value is -1.31. The normalized spacial score (nSPS) is 18.0. The van der Waals surface area contributed by atoms with Gasteiger partial charge in [-0.05, 0) is 36.5 Å². The molecule has 72 valence electrons. The average molecular weight is 187 g/mol. The van der Waals surface area contributed by atoms with Crippen molar-refractivity contribution in [2.24, 2.45) is 0 Å². The molecule has 0 aliphatic heterocycles. The average Bonchev–Trinajstić information content (AvgIpc) is 2.88. The lowest BCUT2D eigenvalue weighted by Crippen LogP contribution is -1.91. The minimum atomic E-state index is 0.760. The summed E-state index contributed by atoms with van der Waals surface area (Å²) >= 11 is 0. The van der Waals surface area contributed by atoms with Gasteiger partial charge in [0.25, 0.3) is 0 Å². The monoisotopic (exact) mass is 187 g/mol. The lowest BCUT2D eigenvalue weighted by atomic mass is 9.97. The molecule has 0 amide bonds. The van der Waals surface area contributed by atoms with Crippen LogP contribution in [0.3, 0.4) is 0 Å². The van der Waals surface area contributed by atoms with Gasteiger partial charge in [-0.2, -0.15) is 0 Å². The van der Waals surface area contributed by atoms with Crippen LogP contribution in [0.15, 0.2) is 29.0 Å². The molecule has 0 bridgehead atoms. The van der Waals surface area contributed by atoms with Crippen LogP contribution in [0.4, 0.5) is 0 Å². The Morgan fingerprint density at radius 3 is 2.93 bits per heavy atom. The number of oxazole rings is 1. The van der Waals surface area contributed by atoms with Gasteiger partial charge in [0.2, 0.25) is 0 Å². The highest BCUT2D eigenvalue weighted by Crippen LogP contribution is 2.34. The van der Waals surface area contributed by atoms with E-state index < -0.39 is 0 Å². The summed E-state index contributed by atoms with van der Waals surface area (Å²) in [7, 11) is 0. The van der Waals surface area contributed by atoms with Gasteiger partial charge in [-0.15, -0.1) is 0 Å². The van der Waals surface area contributed by atoms with E-state index in [9.17, 15) is 0 Å². The highest BCUT2D eigenvalue weighted by molar-refractivity contribution is 5.72. The van der Waals surface area contributed by atoms with E-state index in [0.717, 1.165) is 17.0 Å². The second kappa shape index (κ2) is 3.12. The molecule has 2 heteroatoms. The Morgan fingerprint density at radius 2 is 2.07 bits per heavy atom. The highest BCUT2D eigenvalue weighted by Gasteiger charge is 2.17. The summed E-state index contributed by atoms with van der Waals surface area (Å²) in [4.78, 5) is 4.18. The van der Waals surface area contributed by atoms with Crippen LogP contribution in [-0.4, -0.2) is 4.98 Å². The van der Waals surface area contributed by atoms with Crippen LogP contribution in [0.5, 0.6) is 0 Å². The summed E-state index contributed by atoms with van der Waals surface area (Å²) < 4.78 is 5.22. The van der Waals surface area contributed by atoms with Crippen molar-refractivity contribution in [1.29, 1.82) is 0 Å². The van der Waals surface area contributed by atoms with Crippen molar-refractivity contribution in [3.05, 3.63) is 30.2 Å². The molecule has 1 aliphatic rings. The summed E-state index contributed by atoms with van der Waals surface area (Å²) in [6, 6.07) is 6.40. The molecular formula is C12H13NO. The van der Waals surface area contributed by atoms with Gasteiger partial charge in [0.05, 0.1) is 0 Å². The number of nitrogens with zero attached hydrogens (tertiary/aromatic N) is 1. The van der Waals surface area contributed by atoms with Gasteiger partial charge < -0.3 is 4.42 Å². The second-order valence-corrected chi connectivity index (χ2v) is 4.06. The Labute approximate surface area is 82.9 Å². The molecule has 1 aliphatic carbocycles. The molecule has 1 heterocycles. The van der Waals surface area contributed by atoms with Crippen LogP contribution in [0.1, 0.15) is 37.2 Å². The first-order valence-electron chi connectivity index (χ1n) is 5.26. The predicted octanol–water partition coefficient (Wildman–Crippen LogP) is 3.49. The fraction of sp³-hybridized carbons (Fsp3) is 0.417. The van der Waals surface area contributed by atoms with Crippen LogP contribution >= 0.6 is 0 Å². The molecule has 0 unspecified atom stereocenters. The molecule has 0 spiro atoms. The topological polar surface area (TPSA) is 26.0 Å². The molecule has 0 N–H and O–H groups in total. The number of benzene rings is 1. The third-order valence-corrected chi connectivity index (χ3v) is 3.18. The van der Waals surface area contributed by atoms with E-state index in [1.54, 1.807) is 0 Å². The van der Waals surface area contributed by atoms with Gasteiger partial charge >= 0.3 is 0 Å².